The first-order valence-electron chi connectivity index (χ1n) is 11.3. The maximum Gasteiger partial charge on any atom is 0.0589 e. The molecule has 6 N–H and O–H groups in total. The van der Waals surface area contributed by atoms with Gasteiger partial charge in [-0.15, -0.1) is 0 Å². The summed E-state index contributed by atoms with van der Waals surface area (Å²) in [4.78, 5) is 0. The van der Waals surface area contributed by atoms with Crippen LogP contribution in [0.25, 0.3) is 0 Å². The molecule has 0 fully saturated rings. The number of hydrogen-bond acceptors (Lipinski definition) is 3. The molecule has 0 amide bonds. The zero-order valence-electron chi connectivity index (χ0n) is 18.7. The Morgan fingerprint density at radius 3 is 1.41 bits per heavy atom. The quantitative estimate of drug-likeness (QED) is 0.453. The van der Waals surface area contributed by atoms with Crippen LogP contribution < -0.4 is 17.2 Å². The second kappa shape index (κ2) is 9.66. The Morgan fingerprint density at radius 2 is 1.06 bits per heavy atom. The normalized spacial score (nSPS) is 14.1. The van der Waals surface area contributed by atoms with Gasteiger partial charge in [0.2, 0.25) is 0 Å². The van der Waals surface area contributed by atoms with Gasteiger partial charge in [0, 0.05) is 25.6 Å². The third-order valence-electron chi connectivity index (χ3n) is 6.45. The van der Waals surface area contributed by atoms with Crippen molar-refractivity contribution in [2.75, 3.05) is 0 Å². The summed E-state index contributed by atoms with van der Waals surface area (Å²) in [6.45, 7) is 3.68. The molecule has 163 valence electrons. The molecule has 0 aromatic heterocycles. The molecular weight excluding hydrogens is 390 g/mol. The molecule has 0 heterocycles. The van der Waals surface area contributed by atoms with Gasteiger partial charge in [-0.25, -0.2) is 0 Å². The first kappa shape index (κ1) is 22.2. The lowest BCUT2D eigenvalue weighted by molar-refractivity contribution is 0.686. The monoisotopic (exact) mass is 422 g/mol. The molecule has 3 heteroatoms. The highest BCUT2D eigenvalue weighted by molar-refractivity contribution is 5.65. The second-order valence-corrected chi connectivity index (χ2v) is 8.32. The Hall–Kier alpha value is -2.98. The van der Waals surface area contributed by atoms with Crippen molar-refractivity contribution in [2.45, 2.75) is 38.4 Å². The zero-order valence-corrected chi connectivity index (χ0v) is 18.7. The Bertz CT molecular complexity index is 1030. The van der Waals surface area contributed by atoms with Gasteiger partial charge in [0.05, 0.1) is 5.41 Å². The van der Waals surface area contributed by atoms with E-state index in [1.54, 1.807) is 0 Å². The van der Waals surface area contributed by atoms with E-state index in [2.05, 4.69) is 97.9 Å². The lowest BCUT2D eigenvalue weighted by atomic mass is 9.61. The molecule has 1 aliphatic carbocycles. The molecule has 0 bridgehead atoms. The van der Waals surface area contributed by atoms with Crippen molar-refractivity contribution >= 4 is 0 Å². The highest BCUT2D eigenvalue weighted by Gasteiger charge is 2.43. The zero-order chi connectivity index (χ0) is 22.6. The van der Waals surface area contributed by atoms with Crippen LogP contribution >= 0.6 is 0 Å². The van der Waals surface area contributed by atoms with Crippen LogP contribution in [0.3, 0.4) is 0 Å². The fraction of sp³-hybridized carbons (Fsp3) is 0.207. The average molecular weight is 423 g/mol. The lowest BCUT2D eigenvalue weighted by Crippen LogP contribution is -2.35. The topological polar surface area (TPSA) is 78.1 Å². The Morgan fingerprint density at radius 1 is 0.625 bits per heavy atom. The van der Waals surface area contributed by atoms with Crippen LogP contribution in [0.1, 0.15) is 46.7 Å². The highest BCUT2D eigenvalue weighted by atomic mass is 14.5. The summed E-state index contributed by atoms with van der Waals surface area (Å²) in [5, 5.41) is 0. The first-order chi connectivity index (χ1) is 15.6. The van der Waals surface area contributed by atoms with Crippen molar-refractivity contribution in [2.24, 2.45) is 17.2 Å². The van der Waals surface area contributed by atoms with E-state index in [4.69, 9.17) is 17.2 Å². The summed E-state index contributed by atoms with van der Waals surface area (Å²) >= 11 is 0. The van der Waals surface area contributed by atoms with Gasteiger partial charge in [-0.3, -0.25) is 0 Å². The van der Waals surface area contributed by atoms with E-state index < -0.39 is 5.41 Å². The molecule has 0 atom stereocenters. The van der Waals surface area contributed by atoms with Crippen LogP contribution in [0.5, 0.6) is 0 Å². The van der Waals surface area contributed by atoms with Crippen molar-refractivity contribution in [3.05, 3.63) is 136 Å². The number of hydrogen-bond donors (Lipinski definition) is 3. The molecule has 3 aromatic carbocycles. The van der Waals surface area contributed by atoms with Crippen LogP contribution in [0.15, 0.2) is 96.6 Å². The minimum absolute atomic E-state index is 0.497. The van der Waals surface area contributed by atoms with E-state index in [0.717, 1.165) is 23.1 Å². The van der Waals surface area contributed by atoms with E-state index in [-0.39, 0.29) is 0 Å². The summed E-state index contributed by atoms with van der Waals surface area (Å²) in [5.41, 5.74) is 25.9. The van der Waals surface area contributed by atoms with Gasteiger partial charge >= 0.3 is 0 Å². The van der Waals surface area contributed by atoms with E-state index >= 15 is 0 Å². The number of nitrogens with two attached hydrogens (primary N) is 3. The Balaban J connectivity index is 2.10. The summed E-state index contributed by atoms with van der Waals surface area (Å²) < 4.78 is 0. The van der Waals surface area contributed by atoms with Crippen molar-refractivity contribution in [1.29, 1.82) is 0 Å². The molecule has 4 rings (SSSR count). The van der Waals surface area contributed by atoms with Crippen LogP contribution in [0, 0.1) is 5.92 Å². The summed E-state index contributed by atoms with van der Waals surface area (Å²) in [6, 6.07) is 25.9. The van der Waals surface area contributed by atoms with Crippen LogP contribution in [-0.4, -0.2) is 0 Å². The maximum atomic E-state index is 6.06. The minimum atomic E-state index is -0.505. The van der Waals surface area contributed by atoms with Crippen molar-refractivity contribution in [3.8, 4) is 0 Å². The third kappa shape index (κ3) is 3.95. The average Bonchev–Trinajstić information content (AvgIpc) is 3.34. The lowest BCUT2D eigenvalue weighted by Gasteiger charge is -2.40. The molecule has 0 spiro atoms. The van der Waals surface area contributed by atoms with Gasteiger partial charge in [-0.1, -0.05) is 104 Å². The largest absolute Gasteiger partial charge is 0.326 e. The molecule has 0 unspecified atom stereocenters. The fourth-order valence-electron chi connectivity index (χ4n) is 4.74. The van der Waals surface area contributed by atoms with E-state index in [1.807, 2.05) is 0 Å². The molecule has 0 aliphatic heterocycles. The first-order valence-corrected chi connectivity index (χ1v) is 11.3. The minimum Gasteiger partial charge on any atom is -0.326 e. The van der Waals surface area contributed by atoms with Gasteiger partial charge < -0.3 is 17.2 Å². The second-order valence-electron chi connectivity index (χ2n) is 8.32. The van der Waals surface area contributed by atoms with Crippen molar-refractivity contribution < 1.29 is 0 Å². The number of allylic oxidation sites excluding steroid dienone is 4. The van der Waals surface area contributed by atoms with Gasteiger partial charge in [0.1, 0.15) is 0 Å². The van der Waals surface area contributed by atoms with Gasteiger partial charge in [0.25, 0.3) is 0 Å². The molecular formula is C29H32N3. The number of benzene rings is 3. The molecule has 0 saturated heterocycles. The van der Waals surface area contributed by atoms with Crippen LogP contribution in [-0.2, 0) is 25.0 Å². The smallest absolute Gasteiger partial charge is 0.0589 e. The SMILES string of the molecule is CCC1=C[C](C(c2cccc(CN)c2)(c2cccc(CN)c2)c2cccc(CN)c2)C=C1. The summed E-state index contributed by atoms with van der Waals surface area (Å²) in [5.74, 6) is 1.24. The predicted octanol–water partition coefficient (Wildman–Crippen LogP) is 4.88. The molecule has 1 aliphatic rings. The van der Waals surface area contributed by atoms with Crippen LogP contribution in [0.4, 0.5) is 0 Å². The molecule has 3 aromatic rings. The molecule has 1 radical (unpaired) electrons. The molecule has 0 saturated carbocycles. The maximum absolute atomic E-state index is 6.06. The third-order valence-corrected chi connectivity index (χ3v) is 6.45. The van der Waals surface area contributed by atoms with Crippen molar-refractivity contribution in [1.82, 2.24) is 0 Å². The number of rotatable bonds is 8. The standard InChI is InChI=1S/C29H32N3/c1-2-21-12-13-28(14-21)29(25-9-3-6-22(15-25)18-30,26-10-4-7-23(16-26)19-31)27-11-5-8-24(17-27)20-32/h3-17H,2,18-20,30-32H2,1H3. The van der Waals surface area contributed by atoms with E-state index in [0.29, 0.717) is 19.6 Å². The van der Waals surface area contributed by atoms with Crippen LogP contribution in [0.2, 0.25) is 0 Å². The van der Waals surface area contributed by atoms with Gasteiger partial charge in [-0.05, 0) is 39.8 Å². The van der Waals surface area contributed by atoms with Gasteiger partial charge in [-0.2, -0.15) is 0 Å². The van der Waals surface area contributed by atoms with E-state index in [1.165, 1.54) is 28.2 Å². The Labute approximate surface area is 191 Å². The molecule has 32 heavy (non-hydrogen) atoms. The van der Waals surface area contributed by atoms with E-state index in [9.17, 15) is 0 Å². The molecule has 3 nitrogen and oxygen atoms in total. The summed E-state index contributed by atoms with van der Waals surface area (Å²) in [6.07, 6.45) is 7.82. The Kier molecular flexibility index (Phi) is 6.71. The summed E-state index contributed by atoms with van der Waals surface area (Å²) in [7, 11) is 0. The fourth-order valence-corrected chi connectivity index (χ4v) is 4.74. The highest BCUT2D eigenvalue weighted by Crippen LogP contribution is 2.50. The predicted molar refractivity (Wildman–Crippen MR) is 134 cm³/mol. The van der Waals surface area contributed by atoms with Crippen molar-refractivity contribution in [3.63, 3.8) is 0 Å². The van der Waals surface area contributed by atoms with Gasteiger partial charge in [0.15, 0.2) is 0 Å².